The quantitative estimate of drug-likeness (QED) is 0.253. The first-order valence-electron chi connectivity index (χ1n) is 5.52. The van der Waals surface area contributed by atoms with E-state index in [9.17, 15) is 19.2 Å². The van der Waals surface area contributed by atoms with Crippen molar-refractivity contribution in [2.24, 2.45) is 0 Å². The van der Waals surface area contributed by atoms with E-state index in [1.807, 2.05) is 0 Å². The molecule has 0 unspecified atom stereocenters. The Labute approximate surface area is 179 Å². The minimum atomic E-state index is -1.23. The van der Waals surface area contributed by atoms with E-state index in [0.717, 1.165) is 9.80 Å². The molecular weight excluding hydrogens is 371 g/mol. The average Bonchev–Trinajstić information content (AvgIpc) is 2.22. The summed E-state index contributed by atoms with van der Waals surface area (Å²) in [5, 5.41) is 34.5. The van der Waals surface area contributed by atoms with E-state index in [1.54, 1.807) is 0 Å². The van der Waals surface area contributed by atoms with Gasteiger partial charge >= 0.3 is 92.3 Å². The number of carboxylic acid groups (broad SMARTS) is 4. The fourth-order valence-corrected chi connectivity index (χ4v) is 1.48. The van der Waals surface area contributed by atoms with E-state index >= 15 is 0 Å². The topological polar surface area (TPSA) is 156 Å². The second kappa shape index (κ2) is 14.5. The van der Waals surface area contributed by atoms with Crippen molar-refractivity contribution in [2.45, 2.75) is 0 Å². The molecule has 0 bridgehead atoms. The molecule has 0 saturated carbocycles. The molecule has 0 aromatic heterocycles. The van der Waals surface area contributed by atoms with Gasteiger partial charge in [-0.1, -0.05) is 0 Å². The van der Waals surface area contributed by atoms with Gasteiger partial charge in [-0.15, -0.1) is 0 Å². The van der Waals surface area contributed by atoms with E-state index < -0.39 is 50.1 Å². The van der Waals surface area contributed by atoms with Crippen LogP contribution in [0.1, 0.15) is 0 Å². The third-order valence-electron chi connectivity index (χ3n) is 2.17. The largest absolute Gasteiger partial charge is 3.00 e. The Kier molecular flexibility index (Phi) is 17.7. The van der Waals surface area contributed by atoms with Crippen LogP contribution in [0.4, 0.5) is 0 Å². The van der Waals surface area contributed by atoms with Crippen LogP contribution in [-0.2, 0) is 36.2 Å². The molecule has 0 spiro atoms. The molecule has 119 valence electrons. The molecule has 10 nitrogen and oxygen atoms in total. The van der Waals surface area contributed by atoms with Gasteiger partial charge in [-0.3, -0.25) is 29.0 Å². The normalized spacial score (nSPS) is 9.73. The predicted octanol–water partition coefficient (Wildman–Crippen LogP) is -5.07. The summed E-state index contributed by atoms with van der Waals surface area (Å²) in [6.07, 6.45) is 0. The molecule has 0 heterocycles. The third-order valence-corrected chi connectivity index (χ3v) is 2.17. The Morgan fingerprint density at radius 2 is 0.773 bits per heavy atom. The fourth-order valence-electron chi connectivity index (χ4n) is 1.48. The molecule has 0 rings (SSSR count). The average molecular weight is 387 g/mol. The van der Waals surface area contributed by atoms with Crippen LogP contribution in [0.25, 0.3) is 0 Å². The van der Waals surface area contributed by atoms with Crippen LogP contribution < -0.4 is 51.4 Å². The van der Waals surface area contributed by atoms with Crippen molar-refractivity contribution in [3.8, 4) is 0 Å². The van der Waals surface area contributed by atoms with Crippen LogP contribution in [-0.4, -0.2) is 93.4 Å². The van der Waals surface area contributed by atoms with Gasteiger partial charge in [0, 0.05) is 13.1 Å². The van der Waals surface area contributed by atoms with Gasteiger partial charge in [-0.05, 0) is 0 Å². The van der Waals surface area contributed by atoms with Crippen molar-refractivity contribution in [1.82, 2.24) is 9.80 Å². The number of hydrogen-bond acceptors (Lipinski definition) is 6. The monoisotopic (exact) mass is 387 g/mol. The first kappa shape index (κ1) is 26.8. The minimum Gasteiger partial charge on any atom is -0.480 e. The zero-order valence-electron chi connectivity index (χ0n) is 11.9. The molecule has 0 aromatic carbocycles. The van der Waals surface area contributed by atoms with Crippen LogP contribution in [0.2, 0.25) is 0 Å². The van der Waals surface area contributed by atoms with Gasteiger partial charge in [0.15, 0.2) is 0 Å². The summed E-state index contributed by atoms with van der Waals surface area (Å²) >= 11 is 0. The maximum atomic E-state index is 10.6. The second-order valence-corrected chi connectivity index (χ2v) is 4.00. The molecule has 0 aliphatic carbocycles. The van der Waals surface area contributed by atoms with Gasteiger partial charge in [0.1, 0.15) is 0 Å². The maximum absolute atomic E-state index is 10.6. The van der Waals surface area contributed by atoms with Crippen molar-refractivity contribution in [3.63, 3.8) is 0 Å². The number of carboxylic acids is 4. The van der Waals surface area contributed by atoms with Gasteiger partial charge < -0.3 is 20.4 Å². The number of rotatable bonds is 11. The maximum Gasteiger partial charge on any atom is 3.00 e. The summed E-state index contributed by atoms with van der Waals surface area (Å²) in [5.74, 6) is -4.91. The SMILES string of the molecule is O=C(O)CN(CCN(CC(=O)O)CC(=O)O)CC(=O)O.[Fe+3].[K+]. The Bertz CT molecular complexity index is 327. The third kappa shape index (κ3) is 16.3. The summed E-state index contributed by atoms with van der Waals surface area (Å²) in [6.45, 7) is -2.25. The van der Waals surface area contributed by atoms with E-state index in [1.165, 1.54) is 0 Å². The number of hydrogen-bond donors (Lipinski definition) is 4. The minimum absolute atomic E-state index is 0. The smallest absolute Gasteiger partial charge is 0.480 e. The first-order valence-corrected chi connectivity index (χ1v) is 5.52. The molecule has 0 atom stereocenters. The molecule has 0 fully saturated rings. The molecule has 1 radical (unpaired) electrons. The van der Waals surface area contributed by atoms with E-state index in [-0.39, 0.29) is 81.5 Å². The molecule has 0 amide bonds. The Hall–Kier alpha value is -0.0442. The van der Waals surface area contributed by atoms with Crippen LogP contribution in [0, 0.1) is 0 Å². The Morgan fingerprint density at radius 1 is 0.591 bits per heavy atom. The summed E-state index contributed by atoms with van der Waals surface area (Å²) < 4.78 is 0. The summed E-state index contributed by atoms with van der Waals surface area (Å²) in [7, 11) is 0. The molecule has 0 aromatic rings. The van der Waals surface area contributed by atoms with Crippen LogP contribution in [0.15, 0.2) is 0 Å². The fraction of sp³-hybridized carbons (Fsp3) is 0.600. The number of carbonyl (C=O) groups is 4. The zero-order chi connectivity index (χ0) is 15.7. The second-order valence-electron chi connectivity index (χ2n) is 4.00. The molecule has 0 aliphatic rings. The summed E-state index contributed by atoms with van der Waals surface area (Å²) in [4.78, 5) is 44.4. The molecule has 4 N–H and O–H groups in total. The van der Waals surface area contributed by atoms with Gasteiger partial charge in [-0.2, -0.15) is 0 Å². The number of nitrogens with zero attached hydrogens (tertiary/aromatic N) is 2. The summed E-state index contributed by atoms with van der Waals surface area (Å²) in [5.41, 5.74) is 0. The molecule has 12 heteroatoms. The van der Waals surface area contributed by atoms with Crippen molar-refractivity contribution in [3.05, 3.63) is 0 Å². The molecule has 0 saturated heterocycles. The van der Waals surface area contributed by atoms with E-state index in [4.69, 9.17) is 20.4 Å². The van der Waals surface area contributed by atoms with Crippen molar-refractivity contribution in [1.29, 1.82) is 0 Å². The zero-order valence-corrected chi connectivity index (χ0v) is 16.1. The van der Waals surface area contributed by atoms with Crippen molar-refractivity contribution < 1.29 is 108 Å². The first-order chi connectivity index (χ1) is 9.20. The van der Waals surface area contributed by atoms with Gasteiger partial charge in [0.25, 0.3) is 0 Å². The van der Waals surface area contributed by atoms with E-state index in [0.29, 0.717) is 0 Å². The standard InChI is InChI=1S/C10H16N2O8.Fe.K/c13-7(14)3-11(4-8(15)16)1-2-12(5-9(17)18)6-10(19)20;;/h1-6H2,(H,13,14)(H,15,16)(H,17,18)(H,19,20);;/q;+3;+1. The van der Waals surface area contributed by atoms with E-state index in [2.05, 4.69) is 0 Å². The number of aliphatic carboxylic acids is 4. The predicted molar refractivity (Wildman–Crippen MR) is 63.4 cm³/mol. The molecular formula is C10H16FeKN2O8+4. The Morgan fingerprint density at radius 3 is 0.909 bits per heavy atom. The Balaban J connectivity index is -0.00000180. The van der Waals surface area contributed by atoms with Crippen LogP contribution >= 0.6 is 0 Å². The molecule has 22 heavy (non-hydrogen) atoms. The molecule has 0 aliphatic heterocycles. The van der Waals surface area contributed by atoms with Gasteiger partial charge in [-0.25, -0.2) is 0 Å². The van der Waals surface area contributed by atoms with Gasteiger partial charge in [0.2, 0.25) is 0 Å². The van der Waals surface area contributed by atoms with Crippen LogP contribution in [0.3, 0.4) is 0 Å². The van der Waals surface area contributed by atoms with Gasteiger partial charge in [0.05, 0.1) is 26.2 Å². The van der Waals surface area contributed by atoms with Crippen LogP contribution in [0.5, 0.6) is 0 Å². The van der Waals surface area contributed by atoms with Crippen molar-refractivity contribution >= 4 is 23.9 Å². The van der Waals surface area contributed by atoms with Crippen molar-refractivity contribution in [2.75, 3.05) is 39.3 Å². The summed E-state index contributed by atoms with van der Waals surface area (Å²) in [6, 6.07) is 0.